The number of aryl methyl sites for hydroxylation is 1. The van der Waals surface area contributed by atoms with Gasteiger partial charge in [0.25, 0.3) is 0 Å². The Bertz CT molecular complexity index is 611. The fourth-order valence-electron chi connectivity index (χ4n) is 3.39. The lowest BCUT2D eigenvalue weighted by Gasteiger charge is -2.17. The first-order chi connectivity index (χ1) is 10.4. The number of rotatable bonds is 4. The van der Waals surface area contributed by atoms with Gasteiger partial charge in [-0.15, -0.1) is 0 Å². The Labute approximate surface area is 124 Å². The van der Waals surface area contributed by atoms with Crippen LogP contribution < -0.4 is 5.32 Å². The van der Waals surface area contributed by atoms with Crippen LogP contribution in [0.15, 0.2) is 29.1 Å². The molecule has 0 radical (unpaired) electrons. The van der Waals surface area contributed by atoms with E-state index in [9.17, 15) is 0 Å². The number of nitrogens with one attached hydrogen (secondary N) is 1. The van der Waals surface area contributed by atoms with Crippen molar-refractivity contribution in [3.8, 4) is 0 Å². The van der Waals surface area contributed by atoms with Gasteiger partial charge in [0.1, 0.15) is 17.9 Å². The van der Waals surface area contributed by atoms with Gasteiger partial charge in [0.15, 0.2) is 0 Å². The molecule has 2 aromatic rings. The fraction of sp³-hybridized carbons (Fsp3) is 0.500. The van der Waals surface area contributed by atoms with E-state index in [-0.39, 0.29) is 0 Å². The fourth-order valence-corrected chi connectivity index (χ4v) is 3.39. The minimum Gasteiger partial charge on any atom is -0.468 e. The van der Waals surface area contributed by atoms with E-state index in [4.69, 9.17) is 4.42 Å². The summed E-state index contributed by atoms with van der Waals surface area (Å²) < 4.78 is 5.43. The van der Waals surface area contributed by atoms with Gasteiger partial charge in [0.2, 0.25) is 0 Å². The highest BCUT2D eigenvalue weighted by atomic mass is 16.3. The minimum absolute atomic E-state index is 0.472. The van der Waals surface area contributed by atoms with Gasteiger partial charge < -0.3 is 9.73 Å². The van der Waals surface area contributed by atoms with Crippen LogP contribution in [0, 0.1) is 0 Å². The average molecular weight is 284 g/mol. The first-order valence-corrected chi connectivity index (χ1v) is 7.72. The van der Waals surface area contributed by atoms with Gasteiger partial charge in [-0.2, -0.15) is 0 Å². The van der Waals surface area contributed by atoms with E-state index >= 15 is 0 Å². The normalized spacial score (nSPS) is 21.6. The first kappa shape index (κ1) is 12.8. The van der Waals surface area contributed by atoms with Crippen LogP contribution in [0.4, 0.5) is 5.82 Å². The predicted octanol–water partition coefficient (Wildman–Crippen LogP) is 2.24. The molecule has 3 heterocycles. The summed E-state index contributed by atoms with van der Waals surface area (Å²) in [5.74, 6) is 2.10. The van der Waals surface area contributed by atoms with E-state index in [2.05, 4.69) is 20.2 Å². The third-order valence-electron chi connectivity index (χ3n) is 4.45. The van der Waals surface area contributed by atoms with E-state index in [1.807, 2.05) is 12.1 Å². The molecule has 0 saturated carbocycles. The Hall–Kier alpha value is -1.88. The molecule has 1 saturated heterocycles. The summed E-state index contributed by atoms with van der Waals surface area (Å²) >= 11 is 0. The van der Waals surface area contributed by atoms with Crippen molar-refractivity contribution >= 4 is 5.82 Å². The third-order valence-corrected chi connectivity index (χ3v) is 4.45. The molecule has 2 aliphatic rings. The second-order valence-electron chi connectivity index (χ2n) is 5.95. The molecule has 5 heteroatoms. The molecule has 21 heavy (non-hydrogen) atoms. The molecule has 0 amide bonds. The van der Waals surface area contributed by atoms with Crippen LogP contribution in [-0.4, -0.2) is 34.0 Å². The number of fused-ring (bicyclic) bond motifs is 1. The van der Waals surface area contributed by atoms with E-state index in [0.29, 0.717) is 6.04 Å². The van der Waals surface area contributed by atoms with Crippen molar-refractivity contribution < 1.29 is 4.42 Å². The average Bonchev–Trinajstić information content (AvgIpc) is 3.21. The lowest BCUT2D eigenvalue weighted by atomic mass is 10.2. The van der Waals surface area contributed by atoms with Gasteiger partial charge in [-0.3, -0.25) is 4.90 Å². The van der Waals surface area contributed by atoms with Crippen molar-refractivity contribution in [2.24, 2.45) is 0 Å². The highest BCUT2D eigenvalue weighted by molar-refractivity contribution is 5.48. The molecule has 4 rings (SSSR count). The van der Waals surface area contributed by atoms with Crippen molar-refractivity contribution in [2.45, 2.75) is 38.3 Å². The molecule has 110 valence electrons. The number of nitrogens with zero attached hydrogens (tertiary/aromatic N) is 3. The maximum Gasteiger partial charge on any atom is 0.133 e. The highest BCUT2D eigenvalue weighted by Gasteiger charge is 2.25. The minimum atomic E-state index is 0.472. The van der Waals surface area contributed by atoms with E-state index < -0.39 is 0 Å². The number of hydrogen-bond acceptors (Lipinski definition) is 5. The second kappa shape index (κ2) is 5.48. The largest absolute Gasteiger partial charge is 0.468 e. The van der Waals surface area contributed by atoms with Crippen LogP contribution in [0.2, 0.25) is 0 Å². The summed E-state index contributed by atoms with van der Waals surface area (Å²) in [6, 6.07) is 4.46. The molecule has 1 N–H and O–H groups in total. The molecule has 0 bridgehead atoms. The monoisotopic (exact) mass is 284 g/mol. The zero-order valence-electron chi connectivity index (χ0n) is 12.1. The Morgan fingerprint density at radius 1 is 1.33 bits per heavy atom. The quantitative estimate of drug-likeness (QED) is 0.933. The number of furan rings is 1. The number of anilines is 1. The van der Waals surface area contributed by atoms with Gasteiger partial charge in [0.05, 0.1) is 12.8 Å². The van der Waals surface area contributed by atoms with Gasteiger partial charge in [-0.25, -0.2) is 9.97 Å². The van der Waals surface area contributed by atoms with Crippen LogP contribution in [0.3, 0.4) is 0 Å². The molecule has 0 unspecified atom stereocenters. The third kappa shape index (κ3) is 2.65. The second-order valence-corrected chi connectivity index (χ2v) is 5.95. The summed E-state index contributed by atoms with van der Waals surface area (Å²) in [4.78, 5) is 11.3. The van der Waals surface area contributed by atoms with Gasteiger partial charge in [0, 0.05) is 30.4 Å². The van der Waals surface area contributed by atoms with Gasteiger partial charge in [-0.1, -0.05) is 0 Å². The first-order valence-electron chi connectivity index (χ1n) is 7.72. The molecule has 1 aliphatic carbocycles. The van der Waals surface area contributed by atoms with E-state index in [0.717, 1.165) is 50.5 Å². The van der Waals surface area contributed by atoms with Crippen LogP contribution >= 0.6 is 0 Å². The van der Waals surface area contributed by atoms with Crippen molar-refractivity contribution in [3.05, 3.63) is 41.7 Å². The van der Waals surface area contributed by atoms with Gasteiger partial charge in [-0.05, 0) is 37.8 Å². The van der Waals surface area contributed by atoms with Crippen molar-refractivity contribution in [1.29, 1.82) is 0 Å². The number of hydrogen-bond donors (Lipinski definition) is 1. The lowest BCUT2D eigenvalue weighted by molar-refractivity contribution is 0.295. The van der Waals surface area contributed by atoms with Gasteiger partial charge >= 0.3 is 0 Å². The van der Waals surface area contributed by atoms with Crippen LogP contribution in [0.1, 0.15) is 29.9 Å². The maximum absolute atomic E-state index is 5.43. The SMILES string of the molecule is c1coc(CN2CC[C@@H](Nc3ncnc4c3CCC4)C2)c1. The van der Waals surface area contributed by atoms with Crippen molar-refractivity contribution in [2.75, 3.05) is 18.4 Å². The van der Waals surface area contributed by atoms with E-state index in [1.165, 1.54) is 17.7 Å². The molecular weight excluding hydrogens is 264 g/mol. The maximum atomic E-state index is 5.43. The van der Waals surface area contributed by atoms with Crippen molar-refractivity contribution in [3.63, 3.8) is 0 Å². The standard InChI is InChI=1S/C16H20N4O/c1-4-14-15(5-1)17-11-18-16(14)19-12-6-7-20(9-12)10-13-3-2-8-21-13/h2-3,8,11-12H,1,4-7,9-10H2,(H,17,18,19)/t12-/m1/s1. The van der Waals surface area contributed by atoms with Crippen LogP contribution in [0.25, 0.3) is 0 Å². The topological polar surface area (TPSA) is 54.2 Å². The Kier molecular flexibility index (Phi) is 3.35. The Balaban J connectivity index is 1.39. The lowest BCUT2D eigenvalue weighted by Crippen LogP contribution is -2.26. The Morgan fingerprint density at radius 2 is 2.33 bits per heavy atom. The summed E-state index contributed by atoms with van der Waals surface area (Å²) in [5.41, 5.74) is 2.57. The molecular formula is C16H20N4O. The van der Waals surface area contributed by atoms with E-state index in [1.54, 1.807) is 12.6 Å². The number of likely N-dealkylation sites (tertiary alicyclic amines) is 1. The zero-order valence-corrected chi connectivity index (χ0v) is 12.1. The molecule has 1 fully saturated rings. The summed E-state index contributed by atoms with van der Waals surface area (Å²) in [5, 5.41) is 3.63. The molecule has 0 aromatic carbocycles. The summed E-state index contributed by atoms with van der Waals surface area (Å²) in [7, 11) is 0. The Morgan fingerprint density at radius 3 is 3.24 bits per heavy atom. The highest BCUT2D eigenvalue weighted by Crippen LogP contribution is 2.26. The molecule has 0 spiro atoms. The summed E-state index contributed by atoms with van der Waals surface area (Å²) in [6.45, 7) is 3.04. The smallest absolute Gasteiger partial charge is 0.133 e. The zero-order chi connectivity index (χ0) is 14.1. The summed E-state index contributed by atoms with van der Waals surface area (Å²) in [6.07, 6.45) is 8.01. The number of aromatic nitrogens is 2. The molecule has 2 aromatic heterocycles. The van der Waals surface area contributed by atoms with Crippen LogP contribution in [-0.2, 0) is 19.4 Å². The van der Waals surface area contributed by atoms with Crippen molar-refractivity contribution in [1.82, 2.24) is 14.9 Å². The molecule has 1 atom stereocenters. The molecule has 5 nitrogen and oxygen atoms in total. The van der Waals surface area contributed by atoms with Crippen LogP contribution in [0.5, 0.6) is 0 Å². The molecule has 1 aliphatic heterocycles. The predicted molar refractivity (Wildman–Crippen MR) is 80.1 cm³/mol.